The van der Waals surface area contributed by atoms with Crippen LogP contribution in [0, 0.1) is 0 Å². The van der Waals surface area contributed by atoms with Gasteiger partial charge in [0.15, 0.2) is 0 Å². The summed E-state index contributed by atoms with van der Waals surface area (Å²) in [5, 5.41) is 0. The number of hydrogen-bond donors (Lipinski definition) is 0. The SMILES string of the molecule is C=CC(=O)N1CC(OC(C)(C)C)C1. The zero-order valence-corrected chi connectivity index (χ0v) is 8.54. The van der Waals surface area contributed by atoms with E-state index in [0.29, 0.717) is 13.1 Å². The average Bonchev–Trinajstić information content (AvgIpc) is 1.92. The summed E-state index contributed by atoms with van der Waals surface area (Å²) in [6.07, 6.45) is 1.54. The van der Waals surface area contributed by atoms with E-state index in [4.69, 9.17) is 4.74 Å². The minimum absolute atomic E-state index is 0.00578. The fraction of sp³-hybridized carbons (Fsp3) is 0.700. The van der Waals surface area contributed by atoms with E-state index in [0.717, 1.165) is 0 Å². The number of carbonyl (C=O) groups is 1. The molecular weight excluding hydrogens is 166 g/mol. The van der Waals surface area contributed by atoms with E-state index in [-0.39, 0.29) is 17.6 Å². The molecule has 3 nitrogen and oxygen atoms in total. The first kappa shape index (κ1) is 10.3. The molecule has 1 heterocycles. The highest BCUT2D eigenvalue weighted by Gasteiger charge is 2.32. The van der Waals surface area contributed by atoms with Crippen LogP contribution in [0.25, 0.3) is 0 Å². The Bertz CT molecular complexity index is 211. The van der Waals surface area contributed by atoms with Crippen molar-refractivity contribution >= 4 is 5.91 Å². The van der Waals surface area contributed by atoms with E-state index in [1.54, 1.807) is 4.90 Å². The van der Waals surface area contributed by atoms with Crippen molar-refractivity contribution in [3.8, 4) is 0 Å². The lowest BCUT2D eigenvalue weighted by Crippen LogP contribution is -2.56. The maximum absolute atomic E-state index is 11.1. The van der Waals surface area contributed by atoms with Crippen LogP contribution in [0.1, 0.15) is 20.8 Å². The zero-order chi connectivity index (χ0) is 10.1. The molecule has 74 valence electrons. The number of nitrogens with zero attached hydrogens (tertiary/aromatic N) is 1. The molecule has 0 radical (unpaired) electrons. The number of hydrogen-bond acceptors (Lipinski definition) is 2. The van der Waals surface area contributed by atoms with Crippen LogP contribution in [0.15, 0.2) is 12.7 Å². The second kappa shape index (κ2) is 3.50. The first-order chi connectivity index (χ1) is 5.92. The Morgan fingerprint density at radius 3 is 2.46 bits per heavy atom. The molecule has 0 atom stereocenters. The van der Waals surface area contributed by atoms with Crippen molar-refractivity contribution in [3.05, 3.63) is 12.7 Å². The van der Waals surface area contributed by atoms with Crippen molar-refractivity contribution in [1.29, 1.82) is 0 Å². The van der Waals surface area contributed by atoms with E-state index in [1.165, 1.54) is 6.08 Å². The zero-order valence-electron chi connectivity index (χ0n) is 8.54. The number of likely N-dealkylation sites (tertiary alicyclic amines) is 1. The second-order valence-corrected chi connectivity index (χ2v) is 4.30. The van der Waals surface area contributed by atoms with Crippen molar-refractivity contribution in [1.82, 2.24) is 4.90 Å². The molecule has 0 aromatic carbocycles. The van der Waals surface area contributed by atoms with Crippen molar-refractivity contribution in [2.75, 3.05) is 13.1 Å². The highest BCUT2D eigenvalue weighted by molar-refractivity contribution is 5.87. The Labute approximate surface area is 79.4 Å². The Morgan fingerprint density at radius 1 is 1.54 bits per heavy atom. The normalized spacial score (nSPS) is 18.2. The maximum atomic E-state index is 11.1. The molecule has 1 fully saturated rings. The summed E-state index contributed by atoms with van der Waals surface area (Å²) in [4.78, 5) is 12.8. The Kier molecular flexibility index (Phi) is 2.76. The van der Waals surface area contributed by atoms with Crippen molar-refractivity contribution in [2.45, 2.75) is 32.5 Å². The van der Waals surface area contributed by atoms with Crippen LogP contribution >= 0.6 is 0 Å². The molecule has 1 aliphatic heterocycles. The van der Waals surface area contributed by atoms with Crippen molar-refractivity contribution in [3.63, 3.8) is 0 Å². The minimum atomic E-state index is -0.117. The van der Waals surface area contributed by atoms with Gasteiger partial charge in [-0.1, -0.05) is 6.58 Å². The number of ether oxygens (including phenoxy) is 1. The average molecular weight is 183 g/mol. The van der Waals surface area contributed by atoms with Crippen molar-refractivity contribution in [2.24, 2.45) is 0 Å². The predicted molar refractivity (Wildman–Crippen MR) is 51.4 cm³/mol. The third kappa shape index (κ3) is 2.84. The molecule has 0 N–H and O–H groups in total. The molecule has 0 saturated carbocycles. The highest BCUT2D eigenvalue weighted by atomic mass is 16.5. The van der Waals surface area contributed by atoms with Gasteiger partial charge in [0.1, 0.15) is 0 Å². The summed E-state index contributed by atoms with van der Waals surface area (Å²) in [5.41, 5.74) is -0.117. The van der Waals surface area contributed by atoms with Gasteiger partial charge in [-0.3, -0.25) is 4.79 Å². The van der Waals surface area contributed by atoms with E-state index < -0.39 is 0 Å². The van der Waals surface area contributed by atoms with Gasteiger partial charge in [0.05, 0.1) is 11.7 Å². The molecule has 0 aliphatic carbocycles. The lowest BCUT2D eigenvalue weighted by molar-refractivity contribution is -0.152. The van der Waals surface area contributed by atoms with E-state index >= 15 is 0 Å². The summed E-state index contributed by atoms with van der Waals surface area (Å²) in [5.74, 6) is -0.00578. The second-order valence-electron chi connectivity index (χ2n) is 4.30. The van der Waals surface area contributed by atoms with Crippen LogP contribution in [-0.4, -0.2) is 35.6 Å². The van der Waals surface area contributed by atoms with Crippen LogP contribution in [-0.2, 0) is 9.53 Å². The van der Waals surface area contributed by atoms with Crippen molar-refractivity contribution < 1.29 is 9.53 Å². The number of carbonyl (C=O) groups excluding carboxylic acids is 1. The van der Waals surface area contributed by atoms with Gasteiger partial charge in [0, 0.05) is 13.1 Å². The standard InChI is InChI=1S/C10H17NO2/c1-5-9(12)11-6-8(7-11)13-10(2,3)4/h5,8H,1,6-7H2,2-4H3. The van der Waals surface area contributed by atoms with Crippen LogP contribution in [0.2, 0.25) is 0 Å². The van der Waals surface area contributed by atoms with Gasteiger partial charge < -0.3 is 9.64 Å². The molecule has 3 heteroatoms. The van der Waals surface area contributed by atoms with Crippen LogP contribution in [0.5, 0.6) is 0 Å². The monoisotopic (exact) mass is 183 g/mol. The summed E-state index contributed by atoms with van der Waals surface area (Å²) in [6.45, 7) is 10.9. The quantitative estimate of drug-likeness (QED) is 0.602. The van der Waals surface area contributed by atoms with E-state index in [2.05, 4.69) is 6.58 Å². The first-order valence-electron chi connectivity index (χ1n) is 4.51. The van der Waals surface area contributed by atoms with Gasteiger partial charge in [-0.15, -0.1) is 0 Å². The number of rotatable bonds is 2. The van der Waals surface area contributed by atoms with E-state index in [1.807, 2.05) is 20.8 Å². The Morgan fingerprint density at radius 2 is 2.08 bits per heavy atom. The van der Waals surface area contributed by atoms with Crippen LogP contribution in [0.3, 0.4) is 0 Å². The molecule has 0 aromatic heterocycles. The predicted octanol–water partition coefficient (Wildman–Crippen LogP) is 1.20. The largest absolute Gasteiger partial charge is 0.369 e. The van der Waals surface area contributed by atoms with Gasteiger partial charge in [0.25, 0.3) is 0 Å². The lowest BCUT2D eigenvalue weighted by Gasteiger charge is -2.41. The topological polar surface area (TPSA) is 29.5 Å². The number of amides is 1. The molecule has 1 rings (SSSR count). The fourth-order valence-electron chi connectivity index (χ4n) is 1.32. The smallest absolute Gasteiger partial charge is 0.246 e. The summed E-state index contributed by atoms with van der Waals surface area (Å²) >= 11 is 0. The maximum Gasteiger partial charge on any atom is 0.246 e. The fourth-order valence-corrected chi connectivity index (χ4v) is 1.32. The third-order valence-corrected chi connectivity index (χ3v) is 1.85. The van der Waals surface area contributed by atoms with Gasteiger partial charge in [-0.2, -0.15) is 0 Å². The van der Waals surface area contributed by atoms with Gasteiger partial charge in [0.2, 0.25) is 5.91 Å². The molecule has 0 aromatic rings. The Balaban J connectivity index is 2.26. The first-order valence-corrected chi connectivity index (χ1v) is 4.51. The van der Waals surface area contributed by atoms with Crippen LogP contribution < -0.4 is 0 Å². The summed E-state index contributed by atoms with van der Waals surface area (Å²) < 4.78 is 5.67. The molecular formula is C10H17NO2. The molecule has 1 saturated heterocycles. The molecule has 1 aliphatic rings. The molecule has 0 bridgehead atoms. The van der Waals surface area contributed by atoms with E-state index in [9.17, 15) is 4.79 Å². The molecule has 0 unspecified atom stereocenters. The van der Waals surface area contributed by atoms with Gasteiger partial charge in [-0.05, 0) is 26.8 Å². The van der Waals surface area contributed by atoms with Crippen LogP contribution in [0.4, 0.5) is 0 Å². The molecule has 1 amide bonds. The molecule has 13 heavy (non-hydrogen) atoms. The molecule has 0 spiro atoms. The third-order valence-electron chi connectivity index (χ3n) is 1.85. The summed E-state index contributed by atoms with van der Waals surface area (Å²) in [7, 11) is 0. The van der Waals surface area contributed by atoms with Gasteiger partial charge >= 0.3 is 0 Å². The Hall–Kier alpha value is -0.830. The highest BCUT2D eigenvalue weighted by Crippen LogP contribution is 2.18. The minimum Gasteiger partial charge on any atom is -0.369 e. The lowest BCUT2D eigenvalue weighted by atomic mass is 10.1. The summed E-state index contributed by atoms with van der Waals surface area (Å²) in [6, 6.07) is 0. The van der Waals surface area contributed by atoms with Gasteiger partial charge in [-0.25, -0.2) is 0 Å².